The Labute approximate surface area is 146 Å². The van der Waals surface area contributed by atoms with Gasteiger partial charge in [0.1, 0.15) is 4.88 Å². The van der Waals surface area contributed by atoms with Crippen LogP contribution in [0.15, 0.2) is 0 Å². The smallest absolute Gasteiger partial charge is 0.263 e. The number of nitrogen functional groups attached to an aromatic ring is 1. The van der Waals surface area contributed by atoms with Crippen LogP contribution in [0.25, 0.3) is 0 Å². The molecule has 0 radical (unpaired) electrons. The van der Waals surface area contributed by atoms with Gasteiger partial charge in [0.25, 0.3) is 5.91 Å². The summed E-state index contributed by atoms with van der Waals surface area (Å²) < 4.78 is 5.50. The first-order valence-electron chi connectivity index (χ1n) is 8.97. The Morgan fingerprint density at radius 3 is 2.67 bits per heavy atom. The number of likely N-dealkylation sites (tertiary alicyclic amines) is 1. The number of rotatable bonds is 4. The topological polar surface area (TPSA) is 80.5 Å². The van der Waals surface area contributed by atoms with Crippen LogP contribution >= 0.6 is 11.3 Å². The second kappa shape index (κ2) is 6.61. The van der Waals surface area contributed by atoms with Crippen molar-refractivity contribution in [3.8, 4) is 0 Å². The van der Waals surface area contributed by atoms with Crippen molar-refractivity contribution < 1.29 is 9.53 Å². The fourth-order valence-corrected chi connectivity index (χ4v) is 4.96. The Balaban J connectivity index is 1.44. The Hall–Kier alpha value is -1.18. The Morgan fingerprint density at radius 2 is 2.04 bits per heavy atom. The summed E-state index contributed by atoms with van der Waals surface area (Å²) in [6.45, 7) is 5.66. The lowest BCUT2D eigenvalue weighted by atomic mass is 9.98. The van der Waals surface area contributed by atoms with Crippen LogP contribution in [0.4, 0.5) is 5.13 Å². The number of hydrogen-bond acceptors (Lipinski definition) is 6. The maximum absolute atomic E-state index is 12.7. The van der Waals surface area contributed by atoms with Crippen LogP contribution in [0.2, 0.25) is 0 Å². The van der Waals surface area contributed by atoms with E-state index in [4.69, 9.17) is 10.5 Å². The van der Waals surface area contributed by atoms with E-state index >= 15 is 0 Å². The number of nitrogens with zero attached hydrogens (tertiary/aromatic N) is 2. The molecule has 1 aromatic heterocycles. The number of nitrogens with one attached hydrogen (secondary N) is 1. The van der Waals surface area contributed by atoms with Gasteiger partial charge in [0.05, 0.1) is 5.69 Å². The third kappa shape index (κ3) is 3.30. The molecule has 0 bridgehead atoms. The fourth-order valence-electron chi connectivity index (χ4n) is 4.23. The van der Waals surface area contributed by atoms with E-state index in [2.05, 4.69) is 15.2 Å². The maximum Gasteiger partial charge on any atom is 0.263 e. The standard InChI is InChI=1S/C17H26N4O2S/c1-10-15(24-17(18)19-10)16(22)20-14-9-21(8-13(14)11-2-3-11)12-4-6-23-7-5-12/h11-14H,2-9H2,1H3,(H2,18,19)(H,20,22)/t13-,14+/m1/s1. The lowest BCUT2D eigenvalue weighted by molar-refractivity contribution is 0.0404. The molecule has 1 aromatic rings. The summed E-state index contributed by atoms with van der Waals surface area (Å²) >= 11 is 1.28. The summed E-state index contributed by atoms with van der Waals surface area (Å²) in [7, 11) is 0. The number of carbonyl (C=O) groups is 1. The summed E-state index contributed by atoms with van der Waals surface area (Å²) in [6, 6.07) is 0.859. The third-order valence-corrected chi connectivity index (χ3v) is 6.65. The Bertz CT molecular complexity index is 610. The summed E-state index contributed by atoms with van der Waals surface area (Å²) in [4.78, 5) is 20.1. The van der Waals surface area contributed by atoms with Crippen molar-refractivity contribution in [1.29, 1.82) is 0 Å². The quantitative estimate of drug-likeness (QED) is 0.863. The van der Waals surface area contributed by atoms with Gasteiger partial charge in [-0.2, -0.15) is 0 Å². The van der Waals surface area contributed by atoms with Gasteiger partial charge in [-0.25, -0.2) is 4.98 Å². The third-order valence-electron chi connectivity index (χ3n) is 5.66. The minimum atomic E-state index is -0.00817. The number of amides is 1. The van der Waals surface area contributed by atoms with Crippen molar-refractivity contribution in [3.05, 3.63) is 10.6 Å². The first-order valence-corrected chi connectivity index (χ1v) is 9.79. The number of anilines is 1. The summed E-state index contributed by atoms with van der Waals surface area (Å²) in [5.41, 5.74) is 6.47. The van der Waals surface area contributed by atoms with Gasteiger partial charge in [0, 0.05) is 38.4 Å². The average Bonchev–Trinajstić information content (AvgIpc) is 3.25. The normalized spacial score (nSPS) is 29.0. The van der Waals surface area contributed by atoms with Crippen molar-refractivity contribution in [1.82, 2.24) is 15.2 Å². The van der Waals surface area contributed by atoms with Gasteiger partial charge in [-0.1, -0.05) is 11.3 Å². The summed E-state index contributed by atoms with van der Waals surface area (Å²) in [5.74, 6) is 1.36. The molecule has 2 atom stereocenters. The second-order valence-electron chi connectivity index (χ2n) is 7.35. The van der Waals surface area contributed by atoms with Crippen LogP contribution < -0.4 is 11.1 Å². The average molecular weight is 350 g/mol. The molecule has 1 amide bonds. The van der Waals surface area contributed by atoms with E-state index in [1.165, 1.54) is 24.2 Å². The van der Waals surface area contributed by atoms with E-state index in [0.29, 0.717) is 22.0 Å². The Morgan fingerprint density at radius 1 is 1.29 bits per heavy atom. The lowest BCUT2D eigenvalue weighted by Crippen LogP contribution is -2.43. The van der Waals surface area contributed by atoms with Crippen LogP contribution in [0.1, 0.15) is 41.0 Å². The van der Waals surface area contributed by atoms with Gasteiger partial charge in [-0.3, -0.25) is 9.69 Å². The molecular weight excluding hydrogens is 324 g/mol. The molecule has 0 unspecified atom stereocenters. The van der Waals surface area contributed by atoms with E-state index < -0.39 is 0 Å². The molecule has 0 spiro atoms. The fraction of sp³-hybridized carbons (Fsp3) is 0.765. The predicted molar refractivity (Wildman–Crippen MR) is 94.1 cm³/mol. The van der Waals surface area contributed by atoms with Crippen LogP contribution in [-0.2, 0) is 4.74 Å². The molecule has 1 saturated carbocycles. The van der Waals surface area contributed by atoms with E-state index in [1.54, 1.807) is 0 Å². The summed E-state index contributed by atoms with van der Waals surface area (Å²) in [6.07, 6.45) is 4.85. The molecule has 3 aliphatic rings. The molecule has 24 heavy (non-hydrogen) atoms. The number of thiazole rings is 1. The van der Waals surface area contributed by atoms with Crippen LogP contribution in [0.5, 0.6) is 0 Å². The Kier molecular flexibility index (Phi) is 4.49. The highest BCUT2D eigenvalue weighted by Gasteiger charge is 2.44. The second-order valence-corrected chi connectivity index (χ2v) is 8.38. The zero-order chi connectivity index (χ0) is 16.7. The van der Waals surface area contributed by atoms with Gasteiger partial charge in [0.2, 0.25) is 0 Å². The highest BCUT2D eigenvalue weighted by atomic mass is 32.1. The molecule has 1 aliphatic carbocycles. The summed E-state index contributed by atoms with van der Waals surface area (Å²) in [5, 5.41) is 3.76. The molecule has 6 nitrogen and oxygen atoms in total. The number of aryl methyl sites for hydroxylation is 1. The molecular formula is C17H26N4O2S. The molecule has 4 rings (SSSR count). The number of ether oxygens (including phenoxy) is 1. The first kappa shape index (κ1) is 16.3. The van der Waals surface area contributed by atoms with Crippen molar-refractivity contribution in [2.45, 2.75) is 44.7 Å². The molecule has 3 heterocycles. The monoisotopic (exact) mass is 350 g/mol. The van der Waals surface area contributed by atoms with Gasteiger partial charge < -0.3 is 15.8 Å². The van der Waals surface area contributed by atoms with Crippen LogP contribution in [0, 0.1) is 18.8 Å². The predicted octanol–water partition coefficient (Wildman–Crippen LogP) is 1.65. The van der Waals surface area contributed by atoms with Crippen molar-refractivity contribution >= 4 is 22.4 Å². The van der Waals surface area contributed by atoms with Gasteiger partial charge in [-0.15, -0.1) is 0 Å². The molecule has 2 saturated heterocycles. The number of carbonyl (C=O) groups excluding carboxylic acids is 1. The molecule has 0 aromatic carbocycles. The zero-order valence-electron chi connectivity index (χ0n) is 14.2. The van der Waals surface area contributed by atoms with Crippen molar-refractivity contribution in [3.63, 3.8) is 0 Å². The van der Waals surface area contributed by atoms with E-state index in [0.717, 1.165) is 50.8 Å². The maximum atomic E-state index is 12.7. The van der Waals surface area contributed by atoms with Gasteiger partial charge >= 0.3 is 0 Å². The SMILES string of the molecule is Cc1nc(N)sc1C(=O)N[C@H]1CN(C2CCOCC2)C[C@@H]1C1CC1. The van der Waals surface area contributed by atoms with Crippen molar-refractivity contribution in [2.24, 2.45) is 11.8 Å². The molecule has 3 N–H and O–H groups in total. The lowest BCUT2D eigenvalue weighted by Gasteiger charge is -2.31. The van der Waals surface area contributed by atoms with Crippen molar-refractivity contribution in [2.75, 3.05) is 32.0 Å². The molecule has 2 aliphatic heterocycles. The van der Waals surface area contributed by atoms with Gasteiger partial charge in [-0.05, 0) is 44.4 Å². The van der Waals surface area contributed by atoms with Gasteiger partial charge in [0.15, 0.2) is 5.13 Å². The highest BCUT2D eigenvalue weighted by molar-refractivity contribution is 7.17. The molecule has 3 fully saturated rings. The minimum absolute atomic E-state index is 0.00817. The zero-order valence-corrected chi connectivity index (χ0v) is 15.0. The van der Waals surface area contributed by atoms with Crippen LogP contribution in [-0.4, -0.2) is 54.2 Å². The van der Waals surface area contributed by atoms with E-state index in [9.17, 15) is 4.79 Å². The molecule has 132 valence electrons. The molecule has 7 heteroatoms. The number of aromatic nitrogens is 1. The van der Waals surface area contributed by atoms with E-state index in [-0.39, 0.29) is 11.9 Å². The number of hydrogen-bond donors (Lipinski definition) is 2. The largest absolute Gasteiger partial charge is 0.381 e. The number of nitrogens with two attached hydrogens (primary N) is 1. The first-order chi connectivity index (χ1) is 11.6. The highest BCUT2D eigenvalue weighted by Crippen LogP contribution is 2.42. The van der Waals surface area contributed by atoms with Crippen LogP contribution in [0.3, 0.4) is 0 Å². The van der Waals surface area contributed by atoms with E-state index in [1.807, 2.05) is 6.92 Å². The minimum Gasteiger partial charge on any atom is -0.381 e.